The van der Waals surface area contributed by atoms with Crippen molar-refractivity contribution >= 4 is 27.3 Å². The molecule has 0 radical (unpaired) electrons. The van der Waals surface area contributed by atoms with E-state index in [1.807, 2.05) is 13.8 Å². The third-order valence-corrected chi connectivity index (χ3v) is 5.06. The monoisotopic (exact) mass is 290 g/mol. The molecule has 0 spiro atoms. The molecule has 0 aliphatic heterocycles. The highest BCUT2D eigenvalue weighted by Crippen LogP contribution is 2.19. The van der Waals surface area contributed by atoms with Crippen LogP contribution in [0.4, 0.5) is 0 Å². The highest BCUT2D eigenvalue weighted by molar-refractivity contribution is 7.89. The Labute approximate surface area is 112 Å². The number of carbonyl (C=O) groups is 1. The zero-order valence-electron chi connectivity index (χ0n) is 10.7. The Morgan fingerprint density at radius 1 is 1.44 bits per heavy atom. The summed E-state index contributed by atoms with van der Waals surface area (Å²) in [5.41, 5.74) is 0. The lowest BCUT2D eigenvalue weighted by atomic mass is 10.3. The predicted molar refractivity (Wildman–Crippen MR) is 72.4 cm³/mol. The first-order chi connectivity index (χ1) is 8.40. The number of carbonyl (C=O) groups excluding carboxylic acids is 1. The van der Waals surface area contributed by atoms with Crippen LogP contribution in [0, 0.1) is 0 Å². The van der Waals surface area contributed by atoms with Crippen molar-refractivity contribution in [1.29, 1.82) is 0 Å². The number of amides is 1. The Balaban J connectivity index is 2.88. The van der Waals surface area contributed by atoms with Crippen molar-refractivity contribution in [2.75, 3.05) is 6.54 Å². The highest BCUT2D eigenvalue weighted by Gasteiger charge is 2.19. The quantitative estimate of drug-likeness (QED) is 0.835. The van der Waals surface area contributed by atoms with E-state index < -0.39 is 10.0 Å². The maximum Gasteiger partial charge on any atom is 0.261 e. The second kappa shape index (κ2) is 6.31. The minimum atomic E-state index is -3.52. The van der Waals surface area contributed by atoms with E-state index in [1.54, 1.807) is 6.92 Å². The average Bonchev–Trinajstić information content (AvgIpc) is 2.78. The standard InChI is InChI=1S/C11H18N2O3S2/c1-4-8(3)13-18(15,16)9-6-10(17-7-9)11(14)12-5-2/h6-8,13H,4-5H2,1-3H3,(H,12,14)/t8-/m0/s1. The van der Waals surface area contributed by atoms with Crippen molar-refractivity contribution in [3.63, 3.8) is 0 Å². The third-order valence-electron chi connectivity index (χ3n) is 2.42. The van der Waals surface area contributed by atoms with Gasteiger partial charge in [-0.1, -0.05) is 6.92 Å². The number of nitrogens with one attached hydrogen (secondary N) is 2. The van der Waals surface area contributed by atoms with Gasteiger partial charge in [-0.15, -0.1) is 11.3 Å². The fourth-order valence-corrected chi connectivity index (χ4v) is 3.76. The zero-order chi connectivity index (χ0) is 13.8. The third kappa shape index (κ3) is 3.79. The fraction of sp³-hybridized carbons (Fsp3) is 0.545. The number of rotatable bonds is 6. The van der Waals surface area contributed by atoms with Crippen molar-refractivity contribution in [3.05, 3.63) is 16.3 Å². The molecule has 0 aliphatic rings. The van der Waals surface area contributed by atoms with E-state index in [4.69, 9.17) is 0 Å². The van der Waals surface area contributed by atoms with E-state index in [2.05, 4.69) is 10.0 Å². The van der Waals surface area contributed by atoms with Crippen molar-refractivity contribution < 1.29 is 13.2 Å². The molecule has 1 rings (SSSR count). The van der Waals surface area contributed by atoms with Crippen LogP contribution in [0.25, 0.3) is 0 Å². The molecule has 7 heteroatoms. The van der Waals surface area contributed by atoms with Crippen LogP contribution in [0.1, 0.15) is 36.9 Å². The molecule has 1 aromatic heterocycles. The molecule has 1 aromatic rings. The summed E-state index contributed by atoms with van der Waals surface area (Å²) in [4.78, 5) is 12.1. The second-order valence-corrected chi connectivity index (χ2v) is 6.56. The first-order valence-electron chi connectivity index (χ1n) is 5.79. The van der Waals surface area contributed by atoms with Gasteiger partial charge in [-0.3, -0.25) is 4.79 Å². The summed E-state index contributed by atoms with van der Waals surface area (Å²) in [6.07, 6.45) is 0.715. The zero-order valence-corrected chi connectivity index (χ0v) is 12.3. The number of hydrogen-bond donors (Lipinski definition) is 2. The van der Waals surface area contributed by atoms with Crippen LogP contribution in [0.15, 0.2) is 16.3 Å². The molecule has 102 valence electrons. The number of thiophene rings is 1. The van der Waals surface area contributed by atoms with E-state index in [-0.39, 0.29) is 16.8 Å². The SMILES string of the molecule is CCNC(=O)c1cc(S(=O)(=O)N[C@@H](C)CC)cs1. The summed E-state index contributed by atoms with van der Waals surface area (Å²) < 4.78 is 26.5. The Morgan fingerprint density at radius 2 is 2.11 bits per heavy atom. The molecule has 2 N–H and O–H groups in total. The van der Waals surface area contributed by atoms with Gasteiger partial charge >= 0.3 is 0 Å². The van der Waals surface area contributed by atoms with Crippen molar-refractivity contribution in [3.8, 4) is 0 Å². The van der Waals surface area contributed by atoms with E-state index in [9.17, 15) is 13.2 Å². The van der Waals surface area contributed by atoms with Gasteiger partial charge in [0.25, 0.3) is 5.91 Å². The molecule has 18 heavy (non-hydrogen) atoms. The molecule has 0 bridgehead atoms. The van der Waals surface area contributed by atoms with Gasteiger partial charge in [0.1, 0.15) is 0 Å². The van der Waals surface area contributed by atoms with Crippen LogP contribution in [-0.4, -0.2) is 26.9 Å². The first kappa shape index (κ1) is 15.1. The highest BCUT2D eigenvalue weighted by atomic mass is 32.2. The Kier molecular flexibility index (Phi) is 5.30. The molecular weight excluding hydrogens is 272 g/mol. The molecule has 0 saturated heterocycles. The lowest BCUT2D eigenvalue weighted by Crippen LogP contribution is -2.31. The molecular formula is C11H18N2O3S2. The van der Waals surface area contributed by atoms with Crippen LogP contribution in [-0.2, 0) is 10.0 Å². The minimum absolute atomic E-state index is 0.122. The van der Waals surface area contributed by atoms with Crippen molar-refractivity contribution in [1.82, 2.24) is 10.0 Å². The van der Waals surface area contributed by atoms with Crippen LogP contribution in [0.5, 0.6) is 0 Å². The molecule has 1 heterocycles. The average molecular weight is 290 g/mol. The van der Waals surface area contributed by atoms with Crippen LogP contribution < -0.4 is 10.0 Å². The van der Waals surface area contributed by atoms with Gasteiger partial charge < -0.3 is 5.32 Å². The van der Waals surface area contributed by atoms with Gasteiger partial charge in [-0.25, -0.2) is 13.1 Å². The predicted octanol–water partition coefficient (Wildman–Crippen LogP) is 1.57. The van der Waals surface area contributed by atoms with Crippen LogP contribution >= 0.6 is 11.3 Å². The van der Waals surface area contributed by atoms with E-state index >= 15 is 0 Å². The Morgan fingerprint density at radius 3 is 2.67 bits per heavy atom. The van der Waals surface area contributed by atoms with Crippen LogP contribution in [0.2, 0.25) is 0 Å². The van der Waals surface area contributed by atoms with Gasteiger partial charge in [0, 0.05) is 18.0 Å². The normalized spacial score (nSPS) is 13.3. The molecule has 5 nitrogen and oxygen atoms in total. The molecule has 0 aromatic carbocycles. The van der Waals surface area contributed by atoms with Gasteiger partial charge in [0.05, 0.1) is 9.77 Å². The largest absolute Gasteiger partial charge is 0.352 e. The smallest absolute Gasteiger partial charge is 0.261 e. The van der Waals surface area contributed by atoms with Gasteiger partial charge in [-0.2, -0.15) is 0 Å². The summed E-state index contributed by atoms with van der Waals surface area (Å²) in [5, 5.41) is 4.12. The fourth-order valence-electron chi connectivity index (χ4n) is 1.24. The maximum atomic E-state index is 12.0. The Hall–Kier alpha value is -0.920. The molecule has 0 aliphatic carbocycles. The van der Waals surface area contributed by atoms with Gasteiger partial charge in [0.2, 0.25) is 10.0 Å². The van der Waals surface area contributed by atoms with Crippen LogP contribution in [0.3, 0.4) is 0 Å². The molecule has 1 atom stereocenters. The van der Waals surface area contributed by atoms with Crippen molar-refractivity contribution in [2.24, 2.45) is 0 Å². The number of sulfonamides is 1. The molecule has 1 amide bonds. The van der Waals surface area contributed by atoms with E-state index in [0.29, 0.717) is 17.8 Å². The molecule has 0 fully saturated rings. The summed E-state index contributed by atoms with van der Waals surface area (Å²) in [7, 11) is -3.52. The minimum Gasteiger partial charge on any atom is -0.352 e. The lowest BCUT2D eigenvalue weighted by Gasteiger charge is -2.10. The van der Waals surface area contributed by atoms with E-state index in [1.165, 1.54) is 11.4 Å². The number of hydrogen-bond acceptors (Lipinski definition) is 4. The Bertz CT molecular complexity index is 508. The topological polar surface area (TPSA) is 75.3 Å². The summed E-state index contributed by atoms with van der Waals surface area (Å²) in [5.74, 6) is -0.243. The van der Waals surface area contributed by atoms with Gasteiger partial charge in [0.15, 0.2) is 0 Å². The van der Waals surface area contributed by atoms with Gasteiger partial charge in [-0.05, 0) is 26.3 Å². The second-order valence-electron chi connectivity index (χ2n) is 3.94. The molecule has 0 unspecified atom stereocenters. The van der Waals surface area contributed by atoms with E-state index in [0.717, 1.165) is 11.3 Å². The summed E-state index contributed by atoms with van der Waals surface area (Å²) >= 11 is 1.13. The maximum absolute atomic E-state index is 12.0. The first-order valence-corrected chi connectivity index (χ1v) is 8.16. The lowest BCUT2D eigenvalue weighted by molar-refractivity contribution is 0.0959. The molecule has 0 saturated carbocycles. The van der Waals surface area contributed by atoms with Crippen molar-refractivity contribution in [2.45, 2.75) is 38.1 Å². The summed E-state index contributed by atoms with van der Waals surface area (Å²) in [6.45, 7) is 6.03. The summed E-state index contributed by atoms with van der Waals surface area (Å²) in [6, 6.07) is 1.28.